The van der Waals surface area contributed by atoms with Crippen LogP contribution in [-0.2, 0) is 4.79 Å². The van der Waals surface area contributed by atoms with Crippen LogP contribution in [0.15, 0.2) is 0 Å². The molecule has 0 radical (unpaired) electrons. The van der Waals surface area contributed by atoms with Crippen molar-refractivity contribution in [3.05, 3.63) is 0 Å². The van der Waals surface area contributed by atoms with Crippen LogP contribution in [0.3, 0.4) is 0 Å². The molecule has 12 heavy (non-hydrogen) atoms. The molecule has 1 amide bonds. The van der Waals surface area contributed by atoms with Gasteiger partial charge in [-0.3, -0.25) is 4.79 Å². The highest BCUT2D eigenvalue weighted by Gasteiger charge is 2.41. The van der Waals surface area contributed by atoms with E-state index in [0.29, 0.717) is 4.90 Å². The first-order valence-corrected chi connectivity index (χ1v) is 3.16. The van der Waals surface area contributed by atoms with Gasteiger partial charge in [0.2, 0.25) is 0 Å². The lowest BCUT2D eigenvalue weighted by Crippen LogP contribution is -2.41. The van der Waals surface area contributed by atoms with Gasteiger partial charge in [0.05, 0.1) is 6.07 Å². The van der Waals surface area contributed by atoms with Crippen LogP contribution < -0.4 is 0 Å². The smallest absolute Gasteiger partial charge is 0.322 e. The summed E-state index contributed by atoms with van der Waals surface area (Å²) in [5.41, 5.74) is 0. The fourth-order valence-corrected chi connectivity index (χ4v) is 0.592. The molecule has 0 aromatic carbocycles. The van der Waals surface area contributed by atoms with Crippen LogP contribution in [0.5, 0.6) is 0 Å². The molecule has 0 saturated carbocycles. The van der Waals surface area contributed by atoms with Crippen molar-refractivity contribution in [3.8, 4) is 6.07 Å². The molecule has 0 aromatic rings. The first-order chi connectivity index (χ1) is 5.43. The molecule has 0 N–H and O–H groups in total. The Morgan fingerprint density at radius 2 is 2.08 bits per heavy atom. The highest BCUT2D eigenvalue weighted by molar-refractivity contribution is 5.82. The zero-order chi connectivity index (χ0) is 9.78. The lowest BCUT2D eigenvalue weighted by molar-refractivity contribution is -0.184. The fraction of sp³-hybridized carbons (Fsp3) is 0.667. The third kappa shape index (κ3) is 2.78. The number of amides is 1. The van der Waals surface area contributed by atoms with Crippen molar-refractivity contribution in [1.29, 1.82) is 5.26 Å². The van der Waals surface area contributed by atoms with Gasteiger partial charge in [0.15, 0.2) is 0 Å². The molecule has 3 nitrogen and oxygen atoms in total. The highest BCUT2D eigenvalue weighted by Crippen LogP contribution is 2.17. The zero-order valence-corrected chi connectivity index (χ0v) is 6.35. The van der Waals surface area contributed by atoms with Gasteiger partial charge in [-0.25, -0.2) is 0 Å². The Balaban J connectivity index is 4.34. The highest BCUT2D eigenvalue weighted by atomic mass is 19.4. The molecule has 0 heterocycles. The Morgan fingerprint density at radius 3 is 2.33 bits per heavy atom. The van der Waals surface area contributed by atoms with Gasteiger partial charge in [0, 0.05) is 6.54 Å². The minimum Gasteiger partial charge on any atom is -0.322 e. The lowest BCUT2D eigenvalue weighted by atomic mass is 10.4. The summed E-state index contributed by atoms with van der Waals surface area (Å²) in [6.07, 6.45) is -4.88. The minimum absolute atomic E-state index is 0.119. The van der Waals surface area contributed by atoms with E-state index in [-0.39, 0.29) is 6.54 Å². The van der Waals surface area contributed by atoms with E-state index in [1.54, 1.807) is 0 Å². The molecule has 0 rings (SSSR count). The maximum atomic E-state index is 11.7. The summed E-state index contributed by atoms with van der Waals surface area (Å²) in [6.45, 7) is 0.724. The number of nitrogens with zero attached hydrogens (tertiary/aromatic N) is 2. The second-order valence-electron chi connectivity index (χ2n) is 1.98. The average Bonchev–Trinajstić information content (AvgIpc) is 1.97. The van der Waals surface area contributed by atoms with Gasteiger partial charge in [-0.1, -0.05) is 0 Å². The predicted molar refractivity (Wildman–Crippen MR) is 33.9 cm³/mol. The Bertz CT molecular complexity index is 206. The SMILES string of the molecule is CCN(CC#N)C(=O)C(F)(F)F. The number of hydrogen-bond acceptors (Lipinski definition) is 2. The van der Waals surface area contributed by atoms with Gasteiger partial charge >= 0.3 is 12.1 Å². The molecule has 0 aliphatic rings. The molecule has 0 atom stereocenters. The van der Waals surface area contributed by atoms with Crippen molar-refractivity contribution < 1.29 is 18.0 Å². The first kappa shape index (κ1) is 10.8. The number of alkyl halides is 3. The number of hydrogen-bond donors (Lipinski definition) is 0. The summed E-state index contributed by atoms with van der Waals surface area (Å²) >= 11 is 0. The van der Waals surface area contributed by atoms with Crippen molar-refractivity contribution in [2.75, 3.05) is 13.1 Å². The molecular weight excluding hydrogens is 173 g/mol. The largest absolute Gasteiger partial charge is 0.471 e. The Morgan fingerprint density at radius 1 is 1.58 bits per heavy atom. The van der Waals surface area contributed by atoms with Crippen molar-refractivity contribution >= 4 is 5.91 Å². The minimum atomic E-state index is -4.88. The Hall–Kier alpha value is -1.25. The van der Waals surface area contributed by atoms with Crippen molar-refractivity contribution in [2.24, 2.45) is 0 Å². The van der Waals surface area contributed by atoms with Gasteiger partial charge in [0.25, 0.3) is 0 Å². The van der Waals surface area contributed by atoms with Crippen LogP contribution in [0.1, 0.15) is 6.92 Å². The van der Waals surface area contributed by atoms with Crippen LogP contribution in [0.25, 0.3) is 0 Å². The second-order valence-corrected chi connectivity index (χ2v) is 1.98. The van der Waals surface area contributed by atoms with Gasteiger partial charge < -0.3 is 4.90 Å². The average molecular weight is 180 g/mol. The molecule has 0 bridgehead atoms. The van der Waals surface area contributed by atoms with E-state index in [2.05, 4.69) is 0 Å². The quantitative estimate of drug-likeness (QED) is 0.593. The Kier molecular flexibility index (Phi) is 3.54. The van der Waals surface area contributed by atoms with Crippen molar-refractivity contribution in [1.82, 2.24) is 4.90 Å². The molecule has 0 saturated heterocycles. The first-order valence-electron chi connectivity index (χ1n) is 3.16. The third-order valence-corrected chi connectivity index (χ3v) is 1.17. The van der Waals surface area contributed by atoms with E-state index in [0.717, 1.165) is 0 Å². The zero-order valence-electron chi connectivity index (χ0n) is 6.35. The fourth-order valence-electron chi connectivity index (χ4n) is 0.592. The van der Waals surface area contributed by atoms with Gasteiger partial charge in [-0.05, 0) is 6.92 Å². The number of nitriles is 1. The van der Waals surface area contributed by atoms with Gasteiger partial charge in [0.1, 0.15) is 6.54 Å². The van der Waals surface area contributed by atoms with E-state index < -0.39 is 18.6 Å². The Labute approximate surface area is 67.4 Å². The molecule has 0 aliphatic heterocycles. The van der Waals surface area contributed by atoms with Crippen LogP contribution in [-0.4, -0.2) is 30.1 Å². The summed E-state index contributed by atoms with van der Waals surface area (Å²) < 4.78 is 35.1. The normalized spacial score (nSPS) is 10.6. The second kappa shape index (κ2) is 3.95. The molecule has 68 valence electrons. The van der Waals surface area contributed by atoms with Gasteiger partial charge in [-0.2, -0.15) is 18.4 Å². The van der Waals surface area contributed by atoms with E-state index >= 15 is 0 Å². The van der Waals surface area contributed by atoms with E-state index in [9.17, 15) is 18.0 Å². The van der Waals surface area contributed by atoms with Crippen LogP contribution in [0.2, 0.25) is 0 Å². The van der Waals surface area contributed by atoms with Crippen molar-refractivity contribution in [2.45, 2.75) is 13.1 Å². The molecule has 0 aromatic heterocycles. The van der Waals surface area contributed by atoms with Gasteiger partial charge in [-0.15, -0.1) is 0 Å². The molecule has 0 unspecified atom stereocenters. The number of carbonyl (C=O) groups is 1. The summed E-state index contributed by atoms with van der Waals surface area (Å²) in [5.74, 6) is -1.97. The van der Waals surface area contributed by atoms with Crippen LogP contribution in [0, 0.1) is 11.3 Å². The monoisotopic (exact) mass is 180 g/mol. The summed E-state index contributed by atoms with van der Waals surface area (Å²) in [6, 6.07) is 1.48. The van der Waals surface area contributed by atoms with E-state index in [1.165, 1.54) is 13.0 Å². The van der Waals surface area contributed by atoms with E-state index in [4.69, 9.17) is 5.26 Å². The van der Waals surface area contributed by atoms with Crippen LogP contribution >= 0.6 is 0 Å². The summed E-state index contributed by atoms with van der Waals surface area (Å²) in [5, 5.41) is 8.07. The summed E-state index contributed by atoms with van der Waals surface area (Å²) in [4.78, 5) is 10.9. The molecular formula is C6H7F3N2O. The van der Waals surface area contributed by atoms with E-state index in [1.807, 2.05) is 0 Å². The maximum Gasteiger partial charge on any atom is 0.471 e. The molecule has 0 spiro atoms. The van der Waals surface area contributed by atoms with Crippen LogP contribution in [0.4, 0.5) is 13.2 Å². The third-order valence-electron chi connectivity index (χ3n) is 1.17. The van der Waals surface area contributed by atoms with Crippen molar-refractivity contribution in [3.63, 3.8) is 0 Å². The molecule has 0 aliphatic carbocycles. The standard InChI is InChI=1S/C6H7F3N2O/c1-2-11(4-3-10)5(12)6(7,8)9/h2,4H2,1H3. The summed E-state index contributed by atoms with van der Waals surface area (Å²) in [7, 11) is 0. The number of rotatable bonds is 2. The number of halogens is 3. The lowest BCUT2D eigenvalue weighted by Gasteiger charge is -2.18. The maximum absolute atomic E-state index is 11.7. The topological polar surface area (TPSA) is 44.1 Å². The predicted octanol–water partition coefficient (Wildman–Crippen LogP) is 0.921. The number of carbonyl (C=O) groups excluding carboxylic acids is 1. The molecule has 6 heteroatoms. The molecule has 0 fully saturated rings.